The Labute approximate surface area is 158 Å². The van der Waals surface area contributed by atoms with Crippen molar-refractivity contribution in [3.8, 4) is 11.6 Å². The third kappa shape index (κ3) is 3.73. The Balaban J connectivity index is 2.11. The van der Waals surface area contributed by atoms with Crippen molar-refractivity contribution in [3.63, 3.8) is 0 Å². The number of nitro groups is 1. The summed E-state index contributed by atoms with van der Waals surface area (Å²) < 4.78 is 1.13. The molecule has 28 heavy (non-hydrogen) atoms. The van der Waals surface area contributed by atoms with Gasteiger partial charge in [0.15, 0.2) is 0 Å². The van der Waals surface area contributed by atoms with Gasteiger partial charge in [-0.05, 0) is 24.5 Å². The van der Waals surface area contributed by atoms with Gasteiger partial charge in [-0.2, -0.15) is 0 Å². The highest BCUT2D eigenvalue weighted by Gasteiger charge is 2.20. The number of carbonyl (C=O) groups is 1. The van der Waals surface area contributed by atoms with Gasteiger partial charge in [0.1, 0.15) is 23.3 Å². The van der Waals surface area contributed by atoms with Crippen molar-refractivity contribution in [1.82, 2.24) is 9.55 Å². The van der Waals surface area contributed by atoms with Crippen molar-refractivity contribution in [2.45, 2.75) is 12.8 Å². The molecule has 0 radical (unpaired) electrons. The van der Waals surface area contributed by atoms with E-state index in [1.165, 1.54) is 18.2 Å². The maximum Gasteiger partial charge on any atom is 0.287 e. The molecule has 2 aromatic heterocycles. The topological polar surface area (TPSA) is 141 Å². The first kappa shape index (κ1) is 18.8. The van der Waals surface area contributed by atoms with E-state index < -0.39 is 27.7 Å². The molecule has 0 spiro atoms. The van der Waals surface area contributed by atoms with Gasteiger partial charge in [0.25, 0.3) is 17.2 Å². The van der Waals surface area contributed by atoms with E-state index in [9.17, 15) is 24.8 Å². The molecule has 1 amide bonds. The lowest BCUT2D eigenvalue weighted by Crippen LogP contribution is -2.31. The third-order valence-electron chi connectivity index (χ3n) is 4.19. The smallest absolute Gasteiger partial charge is 0.287 e. The summed E-state index contributed by atoms with van der Waals surface area (Å²) in [7, 11) is 0. The van der Waals surface area contributed by atoms with Crippen LogP contribution in [0.1, 0.15) is 21.6 Å². The van der Waals surface area contributed by atoms with Crippen LogP contribution in [0.25, 0.3) is 5.82 Å². The van der Waals surface area contributed by atoms with Crippen LogP contribution in [0.2, 0.25) is 0 Å². The molecule has 142 valence electrons. The molecule has 3 rings (SSSR count). The molecule has 0 unspecified atom stereocenters. The largest absolute Gasteiger partial charge is 0.507 e. The number of aromatic hydroxyl groups is 1. The number of benzene rings is 1. The number of nitrogens with zero attached hydrogens (tertiary/aromatic N) is 3. The number of rotatable bonds is 6. The molecule has 0 aliphatic heterocycles. The lowest BCUT2D eigenvalue weighted by Gasteiger charge is -2.14. The lowest BCUT2D eigenvalue weighted by molar-refractivity contribution is -0.385. The summed E-state index contributed by atoms with van der Waals surface area (Å²) in [5.74, 6) is -1.51. The Hall–Kier alpha value is -4.01. The van der Waals surface area contributed by atoms with Gasteiger partial charge in [0.05, 0.1) is 4.92 Å². The Kier molecular flexibility index (Phi) is 5.16. The first-order chi connectivity index (χ1) is 13.4. The van der Waals surface area contributed by atoms with E-state index in [4.69, 9.17) is 5.73 Å². The van der Waals surface area contributed by atoms with Gasteiger partial charge in [0.2, 0.25) is 0 Å². The normalized spacial score (nSPS) is 10.6. The molecule has 0 bridgehead atoms. The highest BCUT2D eigenvalue weighted by atomic mass is 16.6. The zero-order valence-electron chi connectivity index (χ0n) is 14.6. The fourth-order valence-corrected chi connectivity index (χ4v) is 2.85. The summed E-state index contributed by atoms with van der Waals surface area (Å²) in [6.07, 6.45) is 1.92. The second-order valence-electron chi connectivity index (χ2n) is 6.02. The predicted octanol–water partition coefficient (Wildman–Crippen LogP) is 1.73. The molecule has 0 saturated heterocycles. The third-order valence-corrected chi connectivity index (χ3v) is 4.19. The average Bonchev–Trinajstić information content (AvgIpc) is 2.67. The van der Waals surface area contributed by atoms with Crippen molar-refractivity contribution in [2.75, 3.05) is 0 Å². The number of amides is 1. The zero-order valence-corrected chi connectivity index (χ0v) is 14.6. The van der Waals surface area contributed by atoms with E-state index in [0.29, 0.717) is 18.5 Å². The molecule has 1 aromatic carbocycles. The van der Waals surface area contributed by atoms with Crippen LogP contribution >= 0.6 is 0 Å². The SMILES string of the molecule is NC(=O)c1c(O)cc(CCc2ccccc2)n(-c2ccc([N+](=O)[O-])cn2)c1=O. The number of nitrogens with two attached hydrogens (primary N) is 1. The van der Waals surface area contributed by atoms with Gasteiger partial charge in [-0.3, -0.25) is 24.3 Å². The fraction of sp³-hybridized carbons (Fsp3) is 0.105. The van der Waals surface area contributed by atoms with Crippen LogP contribution in [-0.4, -0.2) is 25.5 Å². The number of aromatic nitrogens is 2. The maximum atomic E-state index is 12.8. The molecular weight excluding hydrogens is 364 g/mol. The molecule has 0 atom stereocenters. The quantitative estimate of drug-likeness (QED) is 0.493. The molecule has 0 fully saturated rings. The minimum Gasteiger partial charge on any atom is -0.507 e. The minimum absolute atomic E-state index is 0.0844. The second-order valence-corrected chi connectivity index (χ2v) is 6.02. The highest BCUT2D eigenvalue weighted by molar-refractivity contribution is 5.95. The first-order valence-corrected chi connectivity index (χ1v) is 8.31. The summed E-state index contributed by atoms with van der Waals surface area (Å²) in [5, 5.41) is 20.9. The van der Waals surface area contributed by atoms with E-state index in [1.807, 2.05) is 30.3 Å². The van der Waals surface area contributed by atoms with Crippen molar-refractivity contribution < 1.29 is 14.8 Å². The average molecular weight is 380 g/mol. The van der Waals surface area contributed by atoms with Gasteiger partial charge in [-0.1, -0.05) is 30.3 Å². The molecule has 9 heteroatoms. The predicted molar refractivity (Wildman–Crippen MR) is 101 cm³/mol. The molecule has 9 nitrogen and oxygen atoms in total. The molecule has 0 aliphatic carbocycles. The van der Waals surface area contributed by atoms with Crippen LogP contribution in [0, 0.1) is 10.1 Å². The summed E-state index contributed by atoms with van der Waals surface area (Å²) >= 11 is 0. The number of aryl methyl sites for hydroxylation is 2. The minimum atomic E-state index is -1.08. The second kappa shape index (κ2) is 7.70. The highest BCUT2D eigenvalue weighted by Crippen LogP contribution is 2.20. The van der Waals surface area contributed by atoms with Gasteiger partial charge < -0.3 is 10.8 Å². The van der Waals surface area contributed by atoms with Crippen LogP contribution in [0.15, 0.2) is 59.5 Å². The van der Waals surface area contributed by atoms with Crippen LogP contribution in [0.4, 0.5) is 5.69 Å². The van der Waals surface area contributed by atoms with Crippen LogP contribution in [-0.2, 0) is 12.8 Å². The number of pyridine rings is 2. The van der Waals surface area contributed by atoms with E-state index in [-0.39, 0.29) is 11.5 Å². The van der Waals surface area contributed by atoms with E-state index in [1.54, 1.807) is 0 Å². The van der Waals surface area contributed by atoms with E-state index >= 15 is 0 Å². The van der Waals surface area contributed by atoms with Gasteiger partial charge in [-0.15, -0.1) is 0 Å². The molecule has 3 aromatic rings. The van der Waals surface area contributed by atoms with Gasteiger partial charge in [-0.25, -0.2) is 4.98 Å². The fourth-order valence-electron chi connectivity index (χ4n) is 2.85. The van der Waals surface area contributed by atoms with Crippen molar-refractivity contribution in [1.29, 1.82) is 0 Å². The number of primary amides is 1. The van der Waals surface area contributed by atoms with E-state index in [0.717, 1.165) is 16.3 Å². The standard InChI is InChI=1S/C19H16N4O5/c20-18(25)17-15(24)10-13(7-6-12-4-2-1-3-5-12)22(19(17)26)16-9-8-14(11-21-16)23(27)28/h1-5,8-11,24H,6-7H2,(H2,20,25). The monoisotopic (exact) mass is 380 g/mol. The van der Waals surface area contributed by atoms with Crippen molar-refractivity contribution >= 4 is 11.6 Å². The van der Waals surface area contributed by atoms with Crippen molar-refractivity contribution in [2.24, 2.45) is 5.73 Å². The lowest BCUT2D eigenvalue weighted by atomic mass is 10.1. The first-order valence-electron chi connectivity index (χ1n) is 8.31. The molecule has 3 N–H and O–H groups in total. The molecule has 0 aliphatic rings. The number of hydrogen-bond donors (Lipinski definition) is 2. The Morgan fingerprint density at radius 1 is 1.18 bits per heavy atom. The Morgan fingerprint density at radius 2 is 1.89 bits per heavy atom. The maximum absolute atomic E-state index is 12.8. The summed E-state index contributed by atoms with van der Waals surface area (Å²) in [5.41, 5.74) is 4.98. The molecular formula is C19H16N4O5. The van der Waals surface area contributed by atoms with Crippen molar-refractivity contribution in [3.05, 3.63) is 92.0 Å². The molecule has 2 heterocycles. The summed E-state index contributed by atoms with van der Waals surface area (Å²) in [4.78, 5) is 38.6. The van der Waals surface area contributed by atoms with Crippen LogP contribution in [0.5, 0.6) is 5.75 Å². The molecule has 0 saturated carbocycles. The Morgan fingerprint density at radius 3 is 2.46 bits per heavy atom. The van der Waals surface area contributed by atoms with Gasteiger partial charge in [0, 0.05) is 17.8 Å². The van der Waals surface area contributed by atoms with Crippen LogP contribution in [0.3, 0.4) is 0 Å². The summed E-state index contributed by atoms with van der Waals surface area (Å²) in [6, 6.07) is 13.3. The van der Waals surface area contributed by atoms with Crippen LogP contribution < -0.4 is 11.3 Å². The number of carbonyl (C=O) groups excluding carboxylic acids is 1. The number of hydrogen-bond acceptors (Lipinski definition) is 6. The zero-order chi connectivity index (χ0) is 20.3. The Bertz CT molecular complexity index is 1090. The van der Waals surface area contributed by atoms with E-state index in [2.05, 4.69) is 4.98 Å². The summed E-state index contributed by atoms with van der Waals surface area (Å²) in [6.45, 7) is 0. The van der Waals surface area contributed by atoms with Gasteiger partial charge >= 0.3 is 0 Å².